The number of amides is 1. The lowest BCUT2D eigenvalue weighted by molar-refractivity contribution is -0.122. The first-order chi connectivity index (χ1) is 15.0. The monoisotopic (exact) mass is 472 g/mol. The Bertz CT molecular complexity index is 1270. The summed E-state index contributed by atoms with van der Waals surface area (Å²) in [7, 11) is 0. The Hall–Kier alpha value is -2.72. The lowest BCUT2D eigenvalue weighted by atomic mass is 10.2. The second-order valence-electron chi connectivity index (χ2n) is 6.62. The van der Waals surface area contributed by atoms with Crippen LogP contribution in [0.2, 0.25) is 5.02 Å². The Labute approximate surface area is 192 Å². The number of hydrogen-bond donors (Lipinski definition) is 2. The molecule has 0 radical (unpaired) electrons. The summed E-state index contributed by atoms with van der Waals surface area (Å²) in [6, 6.07) is 12.5. The van der Waals surface area contributed by atoms with Gasteiger partial charge in [-0.15, -0.1) is 0 Å². The van der Waals surface area contributed by atoms with Crippen molar-refractivity contribution in [3.05, 3.63) is 80.1 Å². The summed E-state index contributed by atoms with van der Waals surface area (Å²) in [5.41, 5.74) is 1.12. The molecule has 1 fully saturated rings. The molecule has 1 aromatic carbocycles. The van der Waals surface area contributed by atoms with Gasteiger partial charge in [0.25, 0.3) is 11.5 Å². The number of nitrogens with one attached hydrogen (secondary N) is 1. The third-order valence-electron chi connectivity index (χ3n) is 4.61. The van der Waals surface area contributed by atoms with Crippen LogP contribution in [0, 0.1) is 0 Å². The van der Waals surface area contributed by atoms with Crippen molar-refractivity contribution in [2.75, 3.05) is 18.5 Å². The van der Waals surface area contributed by atoms with Gasteiger partial charge in [-0.2, -0.15) is 0 Å². The van der Waals surface area contributed by atoms with Crippen LogP contribution in [0.25, 0.3) is 11.7 Å². The van der Waals surface area contributed by atoms with Crippen molar-refractivity contribution in [1.82, 2.24) is 14.3 Å². The molecule has 0 unspecified atom stereocenters. The highest BCUT2D eigenvalue weighted by Gasteiger charge is 2.33. The van der Waals surface area contributed by atoms with Gasteiger partial charge < -0.3 is 10.4 Å². The summed E-state index contributed by atoms with van der Waals surface area (Å²) in [6.45, 7) is 0.325. The van der Waals surface area contributed by atoms with Crippen molar-refractivity contribution in [2.24, 2.45) is 0 Å². The highest BCUT2D eigenvalue weighted by molar-refractivity contribution is 8.26. The third kappa shape index (κ3) is 4.35. The molecule has 1 saturated heterocycles. The number of rotatable bonds is 6. The lowest BCUT2D eigenvalue weighted by Crippen LogP contribution is -2.27. The van der Waals surface area contributed by atoms with Crippen molar-refractivity contribution < 1.29 is 9.90 Å². The molecular formula is C21H17ClN4O3S2. The summed E-state index contributed by atoms with van der Waals surface area (Å²) < 4.78 is 1.79. The first-order valence-corrected chi connectivity index (χ1v) is 10.9. The average Bonchev–Trinajstić information content (AvgIpc) is 3.03. The number of aliphatic hydroxyl groups is 1. The molecule has 2 N–H and O–H groups in total. The number of hydrogen-bond acceptors (Lipinski definition) is 7. The van der Waals surface area contributed by atoms with Crippen molar-refractivity contribution in [3.63, 3.8) is 0 Å². The Balaban J connectivity index is 1.73. The molecule has 0 atom stereocenters. The van der Waals surface area contributed by atoms with E-state index in [4.69, 9.17) is 23.8 Å². The van der Waals surface area contributed by atoms with E-state index in [1.165, 1.54) is 15.4 Å². The smallest absolute Gasteiger partial charge is 0.267 e. The van der Waals surface area contributed by atoms with E-state index in [9.17, 15) is 14.7 Å². The molecule has 3 aromatic rings. The topological polar surface area (TPSA) is 86.9 Å². The fourth-order valence-corrected chi connectivity index (χ4v) is 4.54. The number of benzene rings is 1. The second kappa shape index (κ2) is 9.19. The first kappa shape index (κ1) is 21.5. The Morgan fingerprint density at radius 3 is 2.74 bits per heavy atom. The number of carbonyl (C=O) groups excluding carboxylic acids is 1. The fraction of sp³-hybridized carbons (Fsp3) is 0.143. The van der Waals surface area contributed by atoms with Crippen LogP contribution < -0.4 is 10.9 Å². The highest BCUT2D eigenvalue weighted by atomic mass is 35.5. The molecule has 0 aliphatic carbocycles. The maximum absolute atomic E-state index is 13.1. The Morgan fingerprint density at radius 1 is 1.19 bits per heavy atom. The van der Waals surface area contributed by atoms with E-state index in [1.54, 1.807) is 30.5 Å². The predicted octanol–water partition coefficient (Wildman–Crippen LogP) is 3.15. The van der Waals surface area contributed by atoms with Crippen molar-refractivity contribution in [3.8, 4) is 0 Å². The van der Waals surface area contributed by atoms with Crippen LogP contribution in [-0.4, -0.2) is 42.8 Å². The number of thiocarbonyl (C=S) groups is 1. The molecule has 158 valence electrons. The van der Waals surface area contributed by atoms with E-state index >= 15 is 0 Å². The van der Waals surface area contributed by atoms with Gasteiger partial charge in [0.2, 0.25) is 0 Å². The zero-order chi connectivity index (χ0) is 22.0. The predicted molar refractivity (Wildman–Crippen MR) is 127 cm³/mol. The molecule has 7 nitrogen and oxygen atoms in total. The average molecular weight is 473 g/mol. The molecular weight excluding hydrogens is 456 g/mol. The number of thioether (sulfide) groups is 1. The number of carbonyl (C=O) groups is 1. The molecule has 31 heavy (non-hydrogen) atoms. The summed E-state index contributed by atoms with van der Waals surface area (Å²) in [5, 5.41) is 12.7. The maximum atomic E-state index is 13.1. The number of halogens is 1. The van der Waals surface area contributed by atoms with E-state index in [0.717, 1.165) is 17.3 Å². The molecule has 10 heteroatoms. The number of pyridine rings is 1. The van der Waals surface area contributed by atoms with Gasteiger partial charge in [-0.05, 0) is 29.8 Å². The van der Waals surface area contributed by atoms with Gasteiger partial charge in [0.05, 0.1) is 23.6 Å². The molecule has 3 heterocycles. The molecule has 0 bridgehead atoms. The van der Waals surface area contributed by atoms with Crippen molar-refractivity contribution >= 4 is 63.3 Å². The molecule has 1 amide bonds. The molecule has 0 spiro atoms. The van der Waals surface area contributed by atoms with E-state index in [-0.39, 0.29) is 36.7 Å². The number of nitrogens with zero attached hydrogens (tertiary/aromatic N) is 3. The second-order valence-corrected chi connectivity index (χ2v) is 8.70. The van der Waals surface area contributed by atoms with Gasteiger partial charge in [-0.25, -0.2) is 4.98 Å². The zero-order valence-electron chi connectivity index (χ0n) is 16.1. The maximum Gasteiger partial charge on any atom is 0.267 e. The van der Waals surface area contributed by atoms with Crippen LogP contribution in [0.3, 0.4) is 0 Å². The number of aliphatic hydroxyl groups excluding tert-OH is 1. The highest BCUT2D eigenvalue weighted by Crippen LogP contribution is 2.34. The Kier molecular flexibility index (Phi) is 6.38. The van der Waals surface area contributed by atoms with E-state index in [1.807, 2.05) is 18.2 Å². The minimum Gasteiger partial charge on any atom is -0.395 e. The van der Waals surface area contributed by atoms with Crippen LogP contribution >= 0.6 is 35.6 Å². The molecule has 2 aromatic heterocycles. The standard InChI is InChI=1S/C21H17ClN4O3S2/c22-15-6-2-1-5-13(15)12-26-20(29)16(31-21(26)30)11-14-18(23-8-10-27)24-17-7-3-4-9-25(17)19(14)28/h1-7,9,11,23,27H,8,10,12H2/b16-11+. The summed E-state index contributed by atoms with van der Waals surface area (Å²) in [6.07, 6.45) is 3.11. The first-order valence-electron chi connectivity index (χ1n) is 9.34. The van der Waals surface area contributed by atoms with Crippen LogP contribution in [0.15, 0.2) is 58.4 Å². The molecule has 4 rings (SSSR count). The Morgan fingerprint density at radius 2 is 1.97 bits per heavy atom. The number of fused-ring (bicyclic) bond motifs is 1. The largest absolute Gasteiger partial charge is 0.395 e. The normalized spacial score (nSPS) is 15.3. The van der Waals surface area contributed by atoms with Gasteiger partial charge in [-0.3, -0.25) is 18.9 Å². The van der Waals surface area contributed by atoms with Gasteiger partial charge in [-0.1, -0.05) is 59.8 Å². The molecule has 1 aliphatic heterocycles. The van der Waals surface area contributed by atoms with Gasteiger partial charge in [0, 0.05) is 17.8 Å². The van der Waals surface area contributed by atoms with E-state index in [0.29, 0.717) is 25.7 Å². The minimum absolute atomic E-state index is 0.130. The lowest BCUT2D eigenvalue weighted by Gasteiger charge is -2.15. The quantitative estimate of drug-likeness (QED) is 0.421. The third-order valence-corrected chi connectivity index (χ3v) is 6.36. The van der Waals surface area contributed by atoms with Crippen LogP contribution in [0.1, 0.15) is 11.1 Å². The van der Waals surface area contributed by atoms with Crippen LogP contribution in [-0.2, 0) is 11.3 Å². The van der Waals surface area contributed by atoms with E-state index < -0.39 is 0 Å². The SMILES string of the molecule is O=C1/C(=C\c2c(NCCO)nc3ccccn3c2=O)SC(=S)N1Cc1ccccc1Cl. The molecule has 1 aliphatic rings. The minimum atomic E-state index is -0.331. The van der Waals surface area contributed by atoms with Crippen molar-refractivity contribution in [1.29, 1.82) is 0 Å². The summed E-state index contributed by atoms with van der Waals surface area (Å²) >= 11 is 12.7. The van der Waals surface area contributed by atoms with Crippen molar-refractivity contribution in [2.45, 2.75) is 6.54 Å². The van der Waals surface area contributed by atoms with Gasteiger partial charge in [0.1, 0.15) is 15.8 Å². The van der Waals surface area contributed by atoms with Crippen LogP contribution in [0.5, 0.6) is 0 Å². The number of anilines is 1. The summed E-state index contributed by atoms with van der Waals surface area (Å²) in [5.74, 6) is -0.0118. The fourth-order valence-electron chi connectivity index (χ4n) is 3.11. The van der Waals surface area contributed by atoms with Crippen LogP contribution in [0.4, 0.5) is 5.82 Å². The molecule has 0 saturated carbocycles. The summed E-state index contributed by atoms with van der Waals surface area (Å²) in [4.78, 5) is 32.4. The van der Waals surface area contributed by atoms with Gasteiger partial charge in [0.15, 0.2) is 0 Å². The zero-order valence-corrected chi connectivity index (χ0v) is 18.5. The number of aromatic nitrogens is 2. The van der Waals surface area contributed by atoms with E-state index in [2.05, 4.69) is 10.3 Å². The van der Waals surface area contributed by atoms with Gasteiger partial charge >= 0.3 is 0 Å².